The summed E-state index contributed by atoms with van der Waals surface area (Å²) in [6.07, 6.45) is 4.05. The Hall–Kier alpha value is -2.12. The summed E-state index contributed by atoms with van der Waals surface area (Å²) in [5.74, 6) is 0.00710. The number of carbonyl (C=O) groups is 2. The molecule has 2 aromatic rings. The van der Waals surface area contributed by atoms with Gasteiger partial charge in [0.25, 0.3) is 5.91 Å². The molecule has 2 aromatic heterocycles. The summed E-state index contributed by atoms with van der Waals surface area (Å²) in [4.78, 5) is 30.0. The van der Waals surface area contributed by atoms with Crippen molar-refractivity contribution in [3.05, 3.63) is 35.4 Å². The molecule has 3 rings (SSSR count). The van der Waals surface area contributed by atoms with E-state index in [2.05, 4.69) is 10.6 Å². The molecule has 0 unspecified atom stereocenters. The fraction of sp³-hybridized carbons (Fsp3) is 0.474. The van der Waals surface area contributed by atoms with Gasteiger partial charge in [0.05, 0.1) is 0 Å². The van der Waals surface area contributed by atoms with E-state index in [0.717, 1.165) is 10.2 Å². The number of fused-ring (bicyclic) bond motifs is 1. The number of hydrogen-bond donors (Lipinski definition) is 0. The summed E-state index contributed by atoms with van der Waals surface area (Å²) in [6.45, 7) is 6.35. The molecule has 6 nitrogen and oxygen atoms in total. The van der Waals surface area contributed by atoms with Gasteiger partial charge in [-0.15, -0.1) is 11.3 Å². The van der Waals surface area contributed by atoms with Gasteiger partial charge in [-0.05, 0) is 31.4 Å². The summed E-state index contributed by atoms with van der Waals surface area (Å²) >= 11 is 1.65. The third-order valence-corrected chi connectivity index (χ3v) is 5.70. The normalized spacial score (nSPS) is 18.2. The predicted octanol–water partition coefficient (Wildman–Crippen LogP) is 2.60. The predicted molar refractivity (Wildman–Crippen MR) is 104 cm³/mol. The van der Waals surface area contributed by atoms with Crippen molar-refractivity contribution >= 4 is 33.4 Å². The van der Waals surface area contributed by atoms with E-state index in [1.54, 1.807) is 16.2 Å². The SMILES string of the molecule is C/C=C\Cn1c(C(=O)N2CCN(C(=O)COC)[C@H](C)C2)cc2ccsc21. The minimum atomic E-state index is -0.0240. The van der Waals surface area contributed by atoms with Crippen molar-refractivity contribution in [1.29, 1.82) is 0 Å². The maximum atomic E-state index is 13.2. The van der Waals surface area contributed by atoms with E-state index < -0.39 is 0 Å². The summed E-state index contributed by atoms with van der Waals surface area (Å²) in [5.41, 5.74) is 0.716. The van der Waals surface area contributed by atoms with E-state index in [1.807, 2.05) is 42.3 Å². The van der Waals surface area contributed by atoms with Crippen LogP contribution in [0.15, 0.2) is 29.7 Å². The van der Waals surface area contributed by atoms with Crippen LogP contribution in [0.3, 0.4) is 0 Å². The molecule has 1 fully saturated rings. The number of methoxy groups -OCH3 is 1. The minimum Gasteiger partial charge on any atom is -0.375 e. The van der Waals surface area contributed by atoms with Crippen LogP contribution in [0.25, 0.3) is 10.2 Å². The van der Waals surface area contributed by atoms with Crippen molar-refractivity contribution in [1.82, 2.24) is 14.4 Å². The van der Waals surface area contributed by atoms with Gasteiger partial charge in [0.2, 0.25) is 5.91 Å². The number of amides is 2. The monoisotopic (exact) mass is 375 g/mol. The van der Waals surface area contributed by atoms with Gasteiger partial charge in [-0.2, -0.15) is 0 Å². The van der Waals surface area contributed by atoms with Crippen LogP contribution >= 0.6 is 11.3 Å². The Kier molecular flexibility index (Phi) is 5.78. The number of carbonyl (C=O) groups excluding carboxylic acids is 2. The van der Waals surface area contributed by atoms with Crippen molar-refractivity contribution in [3.63, 3.8) is 0 Å². The first kappa shape index (κ1) is 18.7. The highest BCUT2D eigenvalue weighted by Gasteiger charge is 2.31. The molecule has 0 radical (unpaired) electrons. The zero-order valence-corrected chi connectivity index (χ0v) is 16.3. The van der Waals surface area contributed by atoms with Gasteiger partial charge in [-0.25, -0.2) is 0 Å². The average Bonchev–Trinajstić information content (AvgIpc) is 3.20. The summed E-state index contributed by atoms with van der Waals surface area (Å²) in [5, 5.41) is 3.15. The lowest BCUT2D eigenvalue weighted by molar-refractivity contribution is -0.139. The first-order valence-electron chi connectivity index (χ1n) is 8.82. The molecular formula is C19H25N3O3S. The van der Waals surface area contributed by atoms with Gasteiger partial charge >= 0.3 is 0 Å². The molecule has 1 atom stereocenters. The standard InChI is InChI=1S/C19H25N3O3S/c1-4-5-7-22-16(11-15-6-10-26-19(15)22)18(24)20-8-9-21(14(2)12-20)17(23)13-25-3/h4-6,10-11,14H,7-9,12-13H2,1-3H3/b5-4-/t14-/m1/s1. The molecule has 3 heterocycles. The van der Waals surface area contributed by atoms with E-state index in [4.69, 9.17) is 4.74 Å². The second-order valence-corrected chi connectivity index (χ2v) is 7.41. The largest absolute Gasteiger partial charge is 0.375 e. The van der Waals surface area contributed by atoms with Crippen LogP contribution in [0.2, 0.25) is 0 Å². The lowest BCUT2D eigenvalue weighted by atomic mass is 10.1. The molecule has 0 aliphatic carbocycles. The van der Waals surface area contributed by atoms with Gasteiger partial charge < -0.3 is 19.1 Å². The average molecular weight is 375 g/mol. The maximum absolute atomic E-state index is 13.2. The molecule has 0 aromatic carbocycles. The fourth-order valence-corrected chi connectivity index (χ4v) is 4.33. The molecule has 140 valence electrons. The first-order valence-corrected chi connectivity index (χ1v) is 9.70. The topological polar surface area (TPSA) is 54.8 Å². The van der Waals surface area contributed by atoms with Crippen molar-refractivity contribution in [2.75, 3.05) is 33.4 Å². The molecule has 0 spiro atoms. The highest BCUT2D eigenvalue weighted by molar-refractivity contribution is 7.16. The summed E-state index contributed by atoms with van der Waals surface area (Å²) < 4.78 is 7.03. The Morgan fingerprint density at radius 3 is 2.88 bits per heavy atom. The fourth-order valence-electron chi connectivity index (χ4n) is 3.43. The van der Waals surface area contributed by atoms with Crippen molar-refractivity contribution in [3.8, 4) is 0 Å². The molecular weight excluding hydrogens is 350 g/mol. The Labute approximate surface area is 157 Å². The number of allylic oxidation sites excluding steroid dienone is 2. The second-order valence-electron chi connectivity index (χ2n) is 6.51. The van der Waals surface area contributed by atoms with Gasteiger partial charge in [0, 0.05) is 44.7 Å². The van der Waals surface area contributed by atoms with Crippen molar-refractivity contribution < 1.29 is 14.3 Å². The van der Waals surface area contributed by atoms with E-state index in [-0.39, 0.29) is 24.5 Å². The zero-order valence-electron chi connectivity index (χ0n) is 15.5. The van der Waals surface area contributed by atoms with E-state index in [9.17, 15) is 9.59 Å². The minimum absolute atomic E-state index is 0.0181. The molecule has 1 saturated heterocycles. The molecule has 0 N–H and O–H groups in total. The quantitative estimate of drug-likeness (QED) is 0.755. The molecule has 0 saturated carbocycles. The van der Waals surface area contributed by atoms with Crippen molar-refractivity contribution in [2.24, 2.45) is 0 Å². The van der Waals surface area contributed by atoms with Crippen LogP contribution in [-0.2, 0) is 16.1 Å². The summed E-state index contributed by atoms with van der Waals surface area (Å²) in [6, 6.07) is 4.01. The Morgan fingerprint density at radius 1 is 1.38 bits per heavy atom. The number of nitrogens with zero attached hydrogens (tertiary/aromatic N) is 3. The van der Waals surface area contributed by atoms with E-state index in [1.165, 1.54) is 7.11 Å². The van der Waals surface area contributed by atoms with Crippen LogP contribution in [-0.4, -0.2) is 65.6 Å². The number of hydrogen-bond acceptors (Lipinski definition) is 4. The lowest BCUT2D eigenvalue weighted by Gasteiger charge is -2.39. The Bertz CT molecular complexity index is 823. The third-order valence-electron chi connectivity index (χ3n) is 4.75. The number of thiophene rings is 1. The van der Waals surface area contributed by atoms with Crippen molar-refractivity contribution in [2.45, 2.75) is 26.4 Å². The van der Waals surface area contributed by atoms with Gasteiger partial charge in [-0.1, -0.05) is 12.2 Å². The molecule has 26 heavy (non-hydrogen) atoms. The van der Waals surface area contributed by atoms with Crippen LogP contribution in [0, 0.1) is 0 Å². The molecule has 2 amide bonds. The van der Waals surface area contributed by atoms with Crippen LogP contribution in [0.4, 0.5) is 0 Å². The highest BCUT2D eigenvalue weighted by atomic mass is 32.1. The lowest BCUT2D eigenvalue weighted by Crippen LogP contribution is -2.56. The molecule has 0 bridgehead atoms. The number of aromatic nitrogens is 1. The highest BCUT2D eigenvalue weighted by Crippen LogP contribution is 2.27. The Balaban J connectivity index is 1.79. The zero-order chi connectivity index (χ0) is 18.7. The maximum Gasteiger partial charge on any atom is 0.270 e. The van der Waals surface area contributed by atoms with E-state index >= 15 is 0 Å². The first-order chi connectivity index (χ1) is 12.6. The number of piperazine rings is 1. The van der Waals surface area contributed by atoms with Crippen LogP contribution in [0.5, 0.6) is 0 Å². The van der Waals surface area contributed by atoms with Gasteiger partial charge in [0.15, 0.2) is 0 Å². The molecule has 1 aliphatic heterocycles. The van der Waals surface area contributed by atoms with E-state index in [0.29, 0.717) is 31.9 Å². The number of ether oxygens (including phenoxy) is 1. The number of rotatable bonds is 5. The van der Waals surface area contributed by atoms with Gasteiger partial charge in [-0.3, -0.25) is 9.59 Å². The Morgan fingerprint density at radius 2 is 2.19 bits per heavy atom. The molecule has 7 heteroatoms. The summed E-state index contributed by atoms with van der Waals surface area (Å²) in [7, 11) is 1.52. The van der Waals surface area contributed by atoms with Crippen LogP contribution in [0.1, 0.15) is 24.3 Å². The smallest absolute Gasteiger partial charge is 0.270 e. The molecule has 1 aliphatic rings. The van der Waals surface area contributed by atoms with Crippen LogP contribution < -0.4 is 0 Å². The third kappa shape index (κ3) is 3.54. The second kappa shape index (κ2) is 8.05. The van der Waals surface area contributed by atoms with Gasteiger partial charge in [0.1, 0.15) is 17.1 Å².